The van der Waals surface area contributed by atoms with Crippen molar-refractivity contribution in [3.05, 3.63) is 64.2 Å². The van der Waals surface area contributed by atoms with Gasteiger partial charge in [0.1, 0.15) is 5.75 Å². The number of amides is 1. The topological polar surface area (TPSA) is 53.9 Å². The van der Waals surface area contributed by atoms with Gasteiger partial charge in [0.25, 0.3) is 5.91 Å². The molecule has 152 valence electrons. The molecule has 5 nitrogen and oxygen atoms in total. The van der Waals surface area contributed by atoms with Crippen LogP contribution in [0.2, 0.25) is 0 Å². The third kappa shape index (κ3) is 4.04. The Morgan fingerprint density at radius 3 is 2.59 bits per heavy atom. The van der Waals surface area contributed by atoms with E-state index in [4.69, 9.17) is 4.74 Å². The summed E-state index contributed by atoms with van der Waals surface area (Å²) in [6, 6.07) is 9.76. The normalized spacial score (nSPS) is 15.1. The van der Waals surface area contributed by atoms with E-state index in [1.54, 1.807) is 19.4 Å². The van der Waals surface area contributed by atoms with Crippen LogP contribution in [-0.2, 0) is 0 Å². The molecule has 1 N–H and O–H groups in total. The summed E-state index contributed by atoms with van der Waals surface area (Å²) in [5.74, 6) is 0.236. The van der Waals surface area contributed by atoms with Gasteiger partial charge in [0.2, 0.25) is 0 Å². The lowest BCUT2D eigenvalue weighted by atomic mass is 9.87. The van der Waals surface area contributed by atoms with Gasteiger partial charge in [0.15, 0.2) is 0 Å². The first-order valence-corrected chi connectivity index (χ1v) is 9.70. The zero-order valence-electron chi connectivity index (χ0n) is 18.3. The third-order valence-corrected chi connectivity index (χ3v) is 5.58. The summed E-state index contributed by atoms with van der Waals surface area (Å²) in [6.07, 6.45) is 3.97. The molecule has 0 aliphatic carbocycles. The number of benzene rings is 2. The minimum absolute atomic E-state index is 0.0276. The molecule has 1 aliphatic heterocycles. The Morgan fingerprint density at radius 2 is 1.90 bits per heavy atom. The summed E-state index contributed by atoms with van der Waals surface area (Å²) < 4.78 is 5.31. The zero-order chi connectivity index (χ0) is 21.3. The molecule has 2 aromatic rings. The molecule has 0 saturated heterocycles. The number of methoxy groups -OCH3 is 1. The number of hydrogen-bond donors (Lipinski definition) is 1. The first-order chi connectivity index (χ1) is 13.6. The van der Waals surface area contributed by atoms with Gasteiger partial charge in [-0.2, -0.15) is 5.10 Å². The number of nitrogens with zero attached hydrogens (tertiary/aromatic N) is 2. The number of allylic oxidation sites excluding steroid dienone is 1. The van der Waals surface area contributed by atoms with Crippen LogP contribution in [0, 0.1) is 13.8 Å². The van der Waals surface area contributed by atoms with E-state index < -0.39 is 0 Å². The fourth-order valence-corrected chi connectivity index (χ4v) is 3.66. The molecule has 0 saturated carbocycles. The molecule has 3 rings (SSSR count). The highest BCUT2D eigenvalue weighted by atomic mass is 16.5. The Hall–Kier alpha value is -3.08. The second-order valence-electron chi connectivity index (χ2n) is 8.17. The number of carbonyl (C=O) groups excluding carboxylic acids is 1. The first kappa shape index (κ1) is 20.6. The van der Waals surface area contributed by atoms with Crippen molar-refractivity contribution in [1.29, 1.82) is 0 Å². The highest BCUT2D eigenvalue weighted by Gasteiger charge is 2.28. The number of aryl methyl sites for hydroxylation is 2. The fourth-order valence-electron chi connectivity index (χ4n) is 3.66. The number of hydrazone groups is 1. The van der Waals surface area contributed by atoms with Crippen LogP contribution in [-0.4, -0.2) is 31.8 Å². The van der Waals surface area contributed by atoms with E-state index in [2.05, 4.69) is 68.4 Å². The maximum Gasteiger partial charge on any atom is 0.275 e. The van der Waals surface area contributed by atoms with Crippen LogP contribution in [0.5, 0.6) is 5.75 Å². The summed E-state index contributed by atoms with van der Waals surface area (Å²) in [6.45, 7) is 10.6. The van der Waals surface area contributed by atoms with Crippen molar-refractivity contribution in [2.24, 2.45) is 5.10 Å². The predicted molar refractivity (Wildman–Crippen MR) is 120 cm³/mol. The molecule has 2 aromatic carbocycles. The maximum atomic E-state index is 12.5. The molecule has 0 spiro atoms. The number of anilines is 1. The van der Waals surface area contributed by atoms with Gasteiger partial charge in [-0.1, -0.05) is 12.1 Å². The molecule has 1 heterocycles. The monoisotopic (exact) mass is 391 g/mol. The minimum atomic E-state index is -0.300. The van der Waals surface area contributed by atoms with Crippen molar-refractivity contribution in [2.45, 2.75) is 40.2 Å². The molecular weight excluding hydrogens is 362 g/mol. The highest BCUT2D eigenvalue weighted by Crippen LogP contribution is 2.38. The molecule has 0 unspecified atom stereocenters. The molecule has 0 radical (unpaired) electrons. The lowest BCUT2D eigenvalue weighted by molar-refractivity contribution is 0.0952. The number of fused-ring (bicyclic) bond motifs is 1. The molecular formula is C24H29N3O2. The van der Waals surface area contributed by atoms with Gasteiger partial charge in [-0.3, -0.25) is 4.79 Å². The van der Waals surface area contributed by atoms with E-state index in [1.165, 1.54) is 16.8 Å². The van der Waals surface area contributed by atoms with Crippen LogP contribution in [0.15, 0.2) is 41.5 Å². The molecule has 1 amide bonds. The molecule has 1 aliphatic rings. The standard InChI is InChI=1S/C24H29N3O2/c1-15-8-9-19(22(10-15)29-7)23(28)26-25-14-18-12-20-17(3)13-24(4,5)27(6)21(20)11-16(18)2/h8-14H,1-7H3,(H,26,28)/b25-14+. The Morgan fingerprint density at radius 1 is 1.17 bits per heavy atom. The van der Waals surface area contributed by atoms with Crippen LogP contribution in [0.25, 0.3) is 5.57 Å². The summed E-state index contributed by atoms with van der Waals surface area (Å²) in [4.78, 5) is 14.8. The van der Waals surface area contributed by atoms with Gasteiger partial charge in [-0.15, -0.1) is 0 Å². The van der Waals surface area contributed by atoms with Crippen molar-refractivity contribution in [1.82, 2.24) is 5.43 Å². The Bertz CT molecular complexity index is 1020. The van der Waals surface area contributed by atoms with Gasteiger partial charge in [0, 0.05) is 18.3 Å². The molecule has 0 atom stereocenters. The van der Waals surface area contributed by atoms with Crippen molar-refractivity contribution in [3.8, 4) is 5.75 Å². The van der Waals surface area contributed by atoms with Crippen molar-refractivity contribution < 1.29 is 9.53 Å². The Balaban J connectivity index is 1.84. The van der Waals surface area contributed by atoms with E-state index in [-0.39, 0.29) is 11.4 Å². The van der Waals surface area contributed by atoms with E-state index >= 15 is 0 Å². The third-order valence-electron chi connectivity index (χ3n) is 5.58. The second kappa shape index (κ2) is 7.74. The predicted octanol–water partition coefficient (Wildman–Crippen LogP) is 4.71. The maximum absolute atomic E-state index is 12.5. The van der Waals surface area contributed by atoms with Crippen LogP contribution in [0.1, 0.15) is 53.4 Å². The smallest absolute Gasteiger partial charge is 0.275 e. The zero-order valence-corrected chi connectivity index (χ0v) is 18.3. The van der Waals surface area contributed by atoms with Crippen molar-refractivity contribution in [3.63, 3.8) is 0 Å². The lowest BCUT2D eigenvalue weighted by Crippen LogP contribution is -2.42. The van der Waals surface area contributed by atoms with E-state index in [1.807, 2.05) is 19.1 Å². The van der Waals surface area contributed by atoms with Crippen molar-refractivity contribution >= 4 is 23.4 Å². The van der Waals surface area contributed by atoms with Gasteiger partial charge in [-0.05, 0) is 81.1 Å². The van der Waals surface area contributed by atoms with Gasteiger partial charge < -0.3 is 9.64 Å². The summed E-state index contributed by atoms with van der Waals surface area (Å²) in [5.41, 5.74) is 9.78. The van der Waals surface area contributed by atoms with Gasteiger partial charge in [0.05, 0.1) is 24.4 Å². The number of likely N-dealkylation sites (N-methyl/N-ethyl adjacent to an activating group) is 1. The van der Waals surface area contributed by atoms with Crippen molar-refractivity contribution in [2.75, 3.05) is 19.1 Å². The molecule has 0 fully saturated rings. The summed E-state index contributed by atoms with van der Waals surface area (Å²) >= 11 is 0. The summed E-state index contributed by atoms with van der Waals surface area (Å²) in [5, 5.41) is 4.18. The summed E-state index contributed by atoms with van der Waals surface area (Å²) in [7, 11) is 3.67. The number of hydrogen-bond acceptors (Lipinski definition) is 4. The quantitative estimate of drug-likeness (QED) is 0.607. The van der Waals surface area contributed by atoms with Crippen LogP contribution in [0.4, 0.5) is 5.69 Å². The minimum Gasteiger partial charge on any atom is -0.496 e. The molecule has 29 heavy (non-hydrogen) atoms. The van der Waals surface area contributed by atoms with Gasteiger partial charge >= 0.3 is 0 Å². The fraction of sp³-hybridized carbons (Fsp3) is 0.333. The van der Waals surface area contributed by atoms with E-state index in [0.717, 1.165) is 16.7 Å². The largest absolute Gasteiger partial charge is 0.496 e. The number of nitrogens with one attached hydrogen (secondary N) is 1. The van der Waals surface area contributed by atoms with Crippen LogP contribution >= 0.6 is 0 Å². The van der Waals surface area contributed by atoms with Crippen LogP contribution in [0.3, 0.4) is 0 Å². The van der Waals surface area contributed by atoms with Gasteiger partial charge in [-0.25, -0.2) is 5.43 Å². The van der Waals surface area contributed by atoms with E-state index in [0.29, 0.717) is 11.3 Å². The number of carbonyl (C=O) groups is 1. The first-order valence-electron chi connectivity index (χ1n) is 9.70. The SMILES string of the molecule is COc1cc(C)ccc1C(=O)N/N=C/c1cc2c(cc1C)N(C)C(C)(C)C=C2C. The Kier molecular flexibility index (Phi) is 5.51. The average Bonchev–Trinajstić information content (AvgIpc) is 2.66. The molecule has 0 bridgehead atoms. The molecule has 5 heteroatoms. The second-order valence-corrected chi connectivity index (χ2v) is 8.17. The highest BCUT2D eigenvalue weighted by molar-refractivity contribution is 5.98. The molecule has 0 aromatic heterocycles. The average molecular weight is 392 g/mol. The lowest BCUT2D eigenvalue weighted by Gasteiger charge is -2.41. The van der Waals surface area contributed by atoms with E-state index in [9.17, 15) is 4.79 Å². The number of rotatable bonds is 4. The number of ether oxygens (including phenoxy) is 1. The van der Waals surface area contributed by atoms with Crippen LogP contribution < -0.4 is 15.1 Å². The Labute approximate surface area is 173 Å².